The average Bonchev–Trinajstić information content (AvgIpc) is 2.79. The highest BCUT2D eigenvalue weighted by Gasteiger charge is 2.18. The van der Waals surface area contributed by atoms with E-state index in [0.29, 0.717) is 24.6 Å². The molecule has 0 aromatic carbocycles. The Morgan fingerprint density at radius 2 is 2.17 bits per heavy atom. The van der Waals surface area contributed by atoms with Crippen LogP contribution in [0.5, 0.6) is 0 Å². The van der Waals surface area contributed by atoms with E-state index in [9.17, 15) is 4.79 Å². The first-order chi connectivity index (χ1) is 8.53. The number of rotatable bonds is 6. The molecule has 1 atom stereocenters. The van der Waals surface area contributed by atoms with E-state index in [1.807, 2.05) is 33.8 Å². The van der Waals surface area contributed by atoms with Crippen molar-refractivity contribution >= 4 is 5.91 Å². The fraction of sp³-hybridized carbons (Fsp3) is 0.692. The number of carbonyl (C=O) groups is 1. The van der Waals surface area contributed by atoms with Crippen molar-refractivity contribution in [3.05, 3.63) is 17.5 Å². The maximum absolute atomic E-state index is 12.1. The van der Waals surface area contributed by atoms with Crippen molar-refractivity contribution in [2.45, 2.75) is 52.6 Å². The molecule has 0 bridgehead atoms. The number of amides is 1. The summed E-state index contributed by atoms with van der Waals surface area (Å²) in [4.78, 5) is 12.1. The van der Waals surface area contributed by atoms with Gasteiger partial charge in [-0.3, -0.25) is 9.48 Å². The summed E-state index contributed by atoms with van der Waals surface area (Å²) in [5.41, 5.74) is 1.48. The first-order valence-electron chi connectivity index (χ1n) is 6.52. The molecule has 5 nitrogen and oxygen atoms in total. The lowest BCUT2D eigenvalue weighted by Crippen LogP contribution is -2.37. The van der Waals surface area contributed by atoms with E-state index in [1.165, 1.54) is 0 Å². The van der Waals surface area contributed by atoms with E-state index in [2.05, 4.69) is 10.4 Å². The second kappa shape index (κ2) is 6.54. The van der Waals surface area contributed by atoms with E-state index in [0.717, 1.165) is 5.69 Å². The molecule has 0 saturated carbocycles. The molecule has 0 radical (unpaired) electrons. The van der Waals surface area contributed by atoms with Crippen LogP contribution in [0.25, 0.3) is 0 Å². The number of nitrogens with one attached hydrogen (secondary N) is 1. The summed E-state index contributed by atoms with van der Waals surface area (Å²) in [7, 11) is 0. The maximum atomic E-state index is 12.1. The van der Waals surface area contributed by atoms with Crippen LogP contribution in [0.1, 0.15) is 56.2 Å². The Labute approximate surface area is 108 Å². The molecule has 1 heterocycles. The Morgan fingerprint density at radius 1 is 1.50 bits per heavy atom. The predicted molar refractivity (Wildman–Crippen MR) is 70.6 cm³/mol. The number of aryl methyl sites for hydroxylation is 1. The molecule has 1 aromatic heterocycles. The van der Waals surface area contributed by atoms with Crippen molar-refractivity contribution in [2.75, 3.05) is 6.61 Å². The lowest BCUT2D eigenvalue weighted by Gasteiger charge is -2.14. The molecule has 1 amide bonds. The largest absolute Gasteiger partial charge is 0.394 e. The molecule has 102 valence electrons. The minimum Gasteiger partial charge on any atom is -0.394 e. The van der Waals surface area contributed by atoms with Gasteiger partial charge >= 0.3 is 0 Å². The second-order valence-electron chi connectivity index (χ2n) is 4.69. The fourth-order valence-corrected chi connectivity index (χ4v) is 1.68. The molecule has 0 unspecified atom stereocenters. The summed E-state index contributed by atoms with van der Waals surface area (Å²) in [6.07, 6.45) is 0.708. The van der Waals surface area contributed by atoms with Crippen molar-refractivity contribution in [3.63, 3.8) is 0 Å². The first-order valence-corrected chi connectivity index (χ1v) is 6.52. The third kappa shape index (κ3) is 3.32. The lowest BCUT2D eigenvalue weighted by atomic mass is 10.1. The van der Waals surface area contributed by atoms with Crippen molar-refractivity contribution in [1.82, 2.24) is 15.1 Å². The van der Waals surface area contributed by atoms with Gasteiger partial charge < -0.3 is 10.4 Å². The normalized spacial score (nSPS) is 12.8. The first kappa shape index (κ1) is 14.7. The van der Waals surface area contributed by atoms with E-state index < -0.39 is 0 Å². The van der Waals surface area contributed by atoms with Gasteiger partial charge in [0, 0.05) is 6.54 Å². The Hall–Kier alpha value is -1.36. The van der Waals surface area contributed by atoms with Crippen molar-refractivity contribution < 1.29 is 9.90 Å². The van der Waals surface area contributed by atoms with Crippen LogP contribution in [0.4, 0.5) is 0 Å². The molecule has 2 N–H and O–H groups in total. The number of aliphatic hydroxyl groups excluding tert-OH is 1. The van der Waals surface area contributed by atoms with Crippen LogP contribution in [0.2, 0.25) is 0 Å². The van der Waals surface area contributed by atoms with Crippen molar-refractivity contribution in [1.29, 1.82) is 0 Å². The molecule has 0 aliphatic carbocycles. The molecule has 0 saturated heterocycles. The van der Waals surface area contributed by atoms with E-state index >= 15 is 0 Å². The van der Waals surface area contributed by atoms with Crippen LogP contribution < -0.4 is 5.32 Å². The van der Waals surface area contributed by atoms with Crippen LogP contribution in [0, 0.1) is 0 Å². The highest BCUT2D eigenvalue weighted by molar-refractivity contribution is 5.92. The van der Waals surface area contributed by atoms with Gasteiger partial charge in [0.25, 0.3) is 5.91 Å². The van der Waals surface area contributed by atoms with Gasteiger partial charge in [-0.15, -0.1) is 0 Å². The van der Waals surface area contributed by atoms with Gasteiger partial charge in [-0.25, -0.2) is 0 Å². The molecule has 0 aliphatic heterocycles. The molecule has 0 fully saturated rings. The molecule has 1 aromatic rings. The van der Waals surface area contributed by atoms with Crippen LogP contribution in [-0.2, 0) is 6.54 Å². The standard InChI is InChI=1S/C13H23N3O2/c1-5-10(8-17)14-13(18)12-7-11(9(3)4)15-16(12)6-2/h7,9-10,17H,5-6,8H2,1-4H3,(H,14,18)/t10-/m0/s1. The lowest BCUT2D eigenvalue weighted by molar-refractivity contribution is 0.0904. The van der Waals surface area contributed by atoms with Gasteiger partial charge in [-0.2, -0.15) is 5.10 Å². The van der Waals surface area contributed by atoms with Gasteiger partial charge in [-0.05, 0) is 25.3 Å². The summed E-state index contributed by atoms with van der Waals surface area (Å²) in [5, 5.41) is 16.3. The Balaban J connectivity index is 2.90. The monoisotopic (exact) mass is 253 g/mol. The SMILES string of the molecule is CC[C@@H](CO)NC(=O)c1cc(C(C)C)nn1CC. The van der Waals surface area contributed by atoms with Crippen LogP contribution in [-0.4, -0.2) is 33.4 Å². The van der Waals surface area contributed by atoms with Crippen LogP contribution >= 0.6 is 0 Å². The number of nitrogens with zero attached hydrogens (tertiary/aromatic N) is 2. The average molecular weight is 253 g/mol. The molecule has 1 rings (SSSR count). The summed E-state index contributed by atoms with van der Waals surface area (Å²) >= 11 is 0. The third-order valence-corrected chi connectivity index (χ3v) is 2.97. The number of carbonyl (C=O) groups excluding carboxylic acids is 1. The van der Waals surface area contributed by atoms with Gasteiger partial charge in [0.2, 0.25) is 0 Å². The minimum atomic E-state index is -0.194. The number of hydrogen-bond acceptors (Lipinski definition) is 3. The fourth-order valence-electron chi connectivity index (χ4n) is 1.68. The summed E-state index contributed by atoms with van der Waals surface area (Å²) in [5.74, 6) is 0.126. The second-order valence-corrected chi connectivity index (χ2v) is 4.69. The van der Waals surface area contributed by atoms with E-state index in [1.54, 1.807) is 4.68 Å². The smallest absolute Gasteiger partial charge is 0.269 e. The van der Waals surface area contributed by atoms with Crippen molar-refractivity contribution in [2.24, 2.45) is 0 Å². The van der Waals surface area contributed by atoms with Gasteiger partial charge in [0.15, 0.2) is 0 Å². The summed E-state index contributed by atoms with van der Waals surface area (Å²) in [6.45, 7) is 8.60. The van der Waals surface area contributed by atoms with Crippen LogP contribution in [0.15, 0.2) is 6.07 Å². The highest BCUT2D eigenvalue weighted by atomic mass is 16.3. The topological polar surface area (TPSA) is 67.2 Å². The Morgan fingerprint density at radius 3 is 2.61 bits per heavy atom. The number of aromatic nitrogens is 2. The molecule has 0 spiro atoms. The minimum absolute atomic E-state index is 0.0421. The number of aliphatic hydroxyl groups is 1. The zero-order valence-corrected chi connectivity index (χ0v) is 11.6. The summed E-state index contributed by atoms with van der Waals surface area (Å²) < 4.78 is 1.70. The van der Waals surface area contributed by atoms with E-state index in [4.69, 9.17) is 5.11 Å². The molecule has 0 aliphatic rings. The summed E-state index contributed by atoms with van der Waals surface area (Å²) in [6, 6.07) is 1.63. The van der Waals surface area contributed by atoms with Crippen LogP contribution in [0.3, 0.4) is 0 Å². The quantitative estimate of drug-likeness (QED) is 0.808. The zero-order chi connectivity index (χ0) is 13.7. The highest BCUT2D eigenvalue weighted by Crippen LogP contribution is 2.14. The molecule has 18 heavy (non-hydrogen) atoms. The molecular formula is C13H23N3O2. The molecular weight excluding hydrogens is 230 g/mol. The predicted octanol–water partition coefficient (Wildman–Crippen LogP) is 1.53. The van der Waals surface area contributed by atoms with Crippen molar-refractivity contribution in [3.8, 4) is 0 Å². The Kier molecular flexibility index (Phi) is 5.34. The maximum Gasteiger partial charge on any atom is 0.269 e. The zero-order valence-electron chi connectivity index (χ0n) is 11.6. The third-order valence-electron chi connectivity index (χ3n) is 2.97. The van der Waals surface area contributed by atoms with Gasteiger partial charge in [0.1, 0.15) is 5.69 Å². The Bertz CT molecular complexity index is 395. The van der Waals surface area contributed by atoms with Gasteiger partial charge in [-0.1, -0.05) is 20.8 Å². The van der Waals surface area contributed by atoms with E-state index in [-0.39, 0.29) is 18.6 Å². The number of hydrogen-bond donors (Lipinski definition) is 2. The van der Waals surface area contributed by atoms with Gasteiger partial charge in [0.05, 0.1) is 18.3 Å². The molecule has 5 heteroatoms.